The Balaban J connectivity index is 0.00000182. The third kappa shape index (κ3) is 3.94. The molecule has 0 unspecified atom stereocenters. The smallest absolute Gasteiger partial charge is 0.255 e. The molecule has 0 spiro atoms. The predicted octanol–water partition coefficient (Wildman–Crippen LogP) is 3.22. The van der Waals surface area contributed by atoms with Crippen LogP contribution in [-0.4, -0.2) is 24.4 Å². The Morgan fingerprint density at radius 3 is 2.40 bits per heavy atom. The number of amides is 2. The fourth-order valence-electron chi connectivity index (χ4n) is 2.85. The molecule has 2 aromatic rings. The van der Waals surface area contributed by atoms with Crippen molar-refractivity contribution in [1.29, 1.82) is 0 Å². The lowest BCUT2D eigenvalue weighted by atomic mass is 10.1. The van der Waals surface area contributed by atoms with Crippen LogP contribution in [0, 0.1) is 0 Å². The molecule has 3 N–H and O–H groups in total. The minimum absolute atomic E-state index is 0. The second-order valence-corrected chi connectivity index (χ2v) is 6.33. The number of hydrogen-bond acceptors (Lipinski definition) is 3. The SMILES string of the molecule is Cl.O=C(Nc1ccc(C(=O)NC2CC2)cc1)c1ccc2c(c1)CCN2. The van der Waals surface area contributed by atoms with Crippen LogP contribution >= 0.6 is 12.4 Å². The Morgan fingerprint density at radius 2 is 1.68 bits per heavy atom. The summed E-state index contributed by atoms with van der Waals surface area (Å²) in [6.45, 7) is 0.921. The van der Waals surface area contributed by atoms with Gasteiger partial charge in [0.15, 0.2) is 0 Å². The number of benzene rings is 2. The molecule has 1 saturated carbocycles. The monoisotopic (exact) mass is 357 g/mol. The zero-order valence-corrected chi connectivity index (χ0v) is 14.5. The number of carbonyl (C=O) groups is 2. The number of rotatable bonds is 4. The molecular formula is C19H20ClN3O2. The molecule has 0 saturated heterocycles. The standard InChI is InChI=1S/C19H19N3O2.ClH/c23-18(21-16-6-7-16)12-1-4-15(5-2-12)22-19(24)14-3-8-17-13(11-14)9-10-20-17;/h1-5,8,11,16,20H,6-7,9-10H2,(H,21,23)(H,22,24);1H. The molecule has 0 aromatic heterocycles. The van der Waals surface area contributed by atoms with Gasteiger partial charge in [0.25, 0.3) is 11.8 Å². The highest BCUT2D eigenvalue weighted by Gasteiger charge is 2.23. The van der Waals surface area contributed by atoms with Crippen LogP contribution in [0.5, 0.6) is 0 Å². The van der Waals surface area contributed by atoms with Crippen molar-refractivity contribution in [2.75, 3.05) is 17.2 Å². The van der Waals surface area contributed by atoms with E-state index < -0.39 is 0 Å². The average molecular weight is 358 g/mol. The van der Waals surface area contributed by atoms with E-state index in [4.69, 9.17) is 0 Å². The first-order valence-electron chi connectivity index (χ1n) is 8.28. The molecule has 130 valence electrons. The zero-order chi connectivity index (χ0) is 16.5. The summed E-state index contributed by atoms with van der Waals surface area (Å²) in [6.07, 6.45) is 3.08. The quantitative estimate of drug-likeness (QED) is 0.786. The van der Waals surface area contributed by atoms with E-state index in [0.29, 0.717) is 22.9 Å². The van der Waals surface area contributed by atoms with Gasteiger partial charge in [0.2, 0.25) is 0 Å². The summed E-state index contributed by atoms with van der Waals surface area (Å²) in [5.74, 6) is -0.193. The highest BCUT2D eigenvalue weighted by molar-refractivity contribution is 6.05. The zero-order valence-electron chi connectivity index (χ0n) is 13.7. The van der Waals surface area contributed by atoms with Crippen molar-refractivity contribution in [2.24, 2.45) is 0 Å². The molecule has 5 nitrogen and oxygen atoms in total. The van der Waals surface area contributed by atoms with Gasteiger partial charge in [0.1, 0.15) is 0 Å². The summed E-state index contributed by atoms with van der Waals surface area (Å²) in [7, 11) is 0. The van der Waals surface area contributed by atoms with Crippen LogP contribution in [0.25, 0.3) is 0 Å². The Kier molecular flexibility index (Phi) is 4.95. The van der Waals surface area contributed by atoms with Gasteiger partial charge in [-0.25, -0.2) is 0 Å². The molecule has 1 heterocycles. The van der Waals surface area contributed by atoms with Gasteiger partial charge in [-0.1, -0.05) is 0 Å². The second kappa shape index (κ2) is 7.15. The summed E-state index contributed by atoms with van der Waals surface area (Å²) in [5, 5.41) is 9.11. The molecule has 2 aliphatic rings. The van der Waals surface area contributed by atoms with Gasteiger partial charge in [0.05, 0.1) is 0 Å². The summed E-state index contributed by atoms with van der Waals surface area (Å²) >= 11 is 0. The fourth-order valence-corrected chi connectivity index (χ4v) is 2.85. The minimum Gasteiger partial charge on any atom is -0.384 e. The van der Waals surface area contributed by atoms with E-state index in [1.165, 1.54) is 5.56 Å². The molecule has 25 heavy (non-hydrogen) atoms. The van der Waals surface area contributed by atoms with E-state index in [1.54, 1.807) is 24.3 Å². The van der Waals surface area contributed by atoms with E-state index >= 15 is 0 Å². The normalized spacial score (nSPS) is 14.7. The molecular weight excluding hydrogens is 338 g/mol. The van der Waals surface area contributed by atoms with Crippen LogP contribution in [0.4, 0.5) is 11.4 Å². The van der Waals surface area contributed by atoms with Gasteiger partial charge in [0, 0.05) is 35.1 Å². The van der Waals surface area contributed by atoms with Crippen molar-refractivity contribution < 1.29 is 9.59 Å². The van der Waals surface area contributed by atoms with Crippen molar-refractivity contribution in [1.82, 2.24) is 5.32 Å². The molecule has 1 fully saturated rings. The summed E-state index contributed by atoms with van der Waals surface area (Å²) in [4.78, 5) is 24.3. The number of halogens is 1. The third-order valence-electron chi connectivity index (χ3n) is 4.39. The lowest BCUT2D eigenvalue weighted by Gasteiger charge is -2.08. The maximum Gasteiger partial charge on any atom is 0.255 e. The number of anilines is 2. The van der Waals surface area contributed by atoms with Crippen LogP contribution in [0.3, 0.4) is 0 Å². The molecule has 0 atom stereocenters. The largest absolute Gasteiger partial charge is 0.384 e. The molecule has 2 amide bonds. The number of carbonyl (C=O) groups excluding carboxylic acids is 2. The van der Waals surface area contributed by atoms with Crippen molar-refractivity contribution in [3.8, 4) is 0 Å². The Morgan fingerprint density at radius 1 is 0.960 bits per heavy atom. The van der Waals surface area contributed by atoms with E-state index in [-0.39, 0.29) is 24.2 Å². The Hall–Kier alpha value is -2.53. The first-order valence-corrected chi connectivity index (χ1v) is 8.28. The summed E-state index contributed by atoms with van der Waals surface area (Å²) < 4.78 is 0. The van der Waals surface area contributed by atoms with Gasteiger partial charge >= 0.3 is 0 Å². The van der Waals surface area contributed by atoms with Crippen LogP contribution in [-0.2, 0) is 6.42 Å². The maximum atomic E-state index is 12.4. The molecule has 6 heteroatoms. The molecule has 4 rings (SSSR count). The van der Waals surface area contributed by atoms with Gasteiger partial charge in [-0.3, -0.25) is 9.59 Å². The van der Waals surface area contributed by atoms with Gasteiger partial charge in [-0.2, -0.15) is 0 Å². The molecule has 0 bridgehead atoms. The second-order valence-electron chi connectivity index (χ2n) is 6.33. The lowest BCUT2D eigenvalue weighted by Crippen LogP contribution is -2.25. The molecule has 2 aromatic carbocycles. The van der Waals surface area contributed by atoms with E-state index in [9.17, 15) is 9.59 Å². The molecule has 1 aliphatic carbocycles. The predicted molar refractivity (Wildman–Crippen MR) is 101 cm³/mol. The third-order valence-corrected chi connectivity index (χ3v) is 4.39. The van der Waals surface area contributed by atoms with Crippen molar-refractivity contribution in [2.45, 2.75) is 25.3 Å². The lowest BCUT2D eigenvalue weighted by molar-refractivity contribution is 0.0950. The molecule has 0 radical (unpaired) electrons. The number of hydrogen-bond donors (Lipinski definition) is 3. The van der Waals surface area contributed by atoms with Gasteiger partial charge in [-0.05, 0) is 67.3 Å². The average Bonchev–Trinajstić information content (AvgIpc) is 3.28. The van der Waals surface area contributed by atoms with Crippen molar-refractivity contribution >= 4 is 35.6 Å². The fraction of sp³-hybridized carbons (Fsp3) is 0.263. The highest BCUT2D eigenvalue weighted by atomic mass is 35.5. The van der Waals surface area contributed by atoms with Crippen LogP contribution in [0.15, 0.2) is 42.5 Å². The molecule has 1 aliphatic heterocycles. The van der Waals surface area contributed by atoms with E-state index in [0.717, 1.165) is 31.5 Å². The highest BCUT2D eigenvalue weighted by Crippen LogP contribution is 2.23. The first-order chi connectivity index (χ1) is 11.7. The van der Waals surface area contributed by atoms with E-state index in [2.05, 4.69) is 16.0 Å². The van der Waals surface area contributed by atoms with E-state index in [1.807, 2.05) is 18.2 Å². The van der Waals surface area contributed by atoms with Gasteiger partial charge < -0.3 is 16.0 Å². The Labute approximate surface area is 152 Å². The maximum absolute atomic E-state index is 12.4. The van der Waals surface area contributed by atoms with Crippen molar-refractivity contribution in [3.63, 3.8) is 0 Å². The Bertz CT molecular complexity index is 801. The summed E-state index contributed by atoms with van der Waals surface area (Å²) in [6, 6.07) is 13.0. The topological polar surface area (TPSA) is 70.2 Å². The van der Waals surface area contributed by atoms with Crippen LogP contribution in [0.1, 0.15) is 39.1 Å². The minimum atomic E-state index is -0.139. The first kappa shape index (κ1) is 17.3. The van der Waals surface area contributed by atoms with Crippen LogP contribution < -0.4 is 16.0 Å². The van der Waals surface area contributed by atoms with Crippen LogP contribution in [0.2, 0.25) is 0 Å². The summed E-state index contributed by atoms with van der Waals surface area (Å²) in [5.41, 5.74) is 4.23. The van der Waals surface area contributed by atoms with Crippen molar-refractivity contribution in [3.05, 3.63) is 59.2 Å². The number of fused-ring (bicyclic) bond motifs is 1. The van der Waals surface area contributed by atoms with Gasteiger partial charge in [-0.15, -0.1) is 12.4 Å². The number of nitrogens with one attached hydrogen (secondary N) is 3.